The van der Waals surface area contributed by atoms with Crippen molar-refractivity contribution in [1.82, 2.24) is 0 Å². The van der Waals surface area contributed by atoms with Gasteiger partial charge in [-0.05, 0) is 28.9 Å². The predicted octanol–water partition coefficient (Wildman–Crippen LogP) is 5.00. The van der Waals surface area contributed by atoms with Crippen molar-refractivity contribution >= 4 is 38.9 Å². The zero-order valence-electron chi connectivity index (χ0n) is 7.41. The van der Waals surface area contributed by atoms with E-state index in [1.165, 1.54) is 0 Å². The minimum atomic E-state index is -4.22. The fourth-order valence-electron chi connectivity index (χ4n) is 0.959. The lowest BCUT2D eigenvalue weighted by molar-refractivity contribution is -0.130. The zero-order valence-corrected chi connectivity index (χ0v) is 10.6. The number of aryl methyl sites for hydroxylation is 1. The summed E-state index contributed by atoms with van der Waals surface area (Å²) in [4.78, 5) is 0.757. The van der Waals surface area contributed by atoms with Crippen molar-refractivity contribution in [2.24, 2.45) is 0 Å². The van der Waals surface area contributed by atoms with Crippen molar-refractivity contribution in [3.63, 3.8) is 0 Å². The molecule has 0 amide bonds. The maximum Gasteiger partial charge on any atom is 0.328 e. The molecule has 0 aliphatic heterocycles. The zero-order chi connectivity index (χ0) is 11.8. The summed E-state index contributed by atoms with van der Waals surface area (Å²) in [5, 5.41) is -2.01. The first-order valence-electron chi connectivity index (χ1n) is 3.82. The van der Waals surface area contributed by atoms with E-state index in [0.717, 1.165) is 16.2 Å². The lowest BCUT2D eigenvalue weighted by Gasteiger charge is -2.20. The Morgan fingerprint density at radius 2 is 2.00 bits per heavy atom. The van der Waals surface area contributed by atoms with Gasteiger partial charge in [-0.1, -0.05) is 0 Å². The summed E-state index contributed by atoms with van der Waals surface area (Å²) >= 11 is 9.34. The highest BCUT2D eigenvalue weighted by Crippen LogP contribution is 2.46. The number of alkyl halides is 5. The van der Waals surface area contributed by atoms with E-state index in [1.807, 2.05) is 0 Å². The van der Waals surface area contributed by atoms with E-state index in [1.54, 1.807) is 13.0 Å². The van der Waals surface area contributed by atoms with Gasteiger partial charge in [0.05, 0.1) is 0 Å². The molecule has 1 rings (SSSR count). The van der Waals surface area contributed by atoms with Crippen LogP contribution in [0.3, 0.4) is 0 Å². The molecular formula is C8H6BrClF4S. The number of rotatable bonds is 3. The average molecular weight is 326 g/mol. The van der Waals surface area contributed by atoms with Crippen molar-refractivity contribution in [2.75, 3.05) is 0 Å². The summed E-state index contributed by atoms with van der Waals surface area (Å²) in [5.74, 6) is -4.22. The van der Waals surface area contributed by atoms with Crippen molar-refractivity contribution in [2.45, 2.75) is 24.6 Å². The number of thiophene rings is 1. The van der Waals surface area contributed by atoms with E-state index >= 15 is 0 Å². The maximum absolute atomic E-state index is 12.9. The SMILES string of the molecule is Cc1cc(Br)c(C(Cl)C(F)(F)C(F)F)s1. The van der Waals surface area contributed by atoms with Crippen molar-refractivity contribution in [3.8, 4) is 0 Å². The number of hydrogen-bond donors (Lipinski definition) is 0. The highest BCUT2D eigenvalue weighted by atomic mass is 79.9. The minimum Gasteiger partial charge on any atom is -0.204 e. The molecule has 0 aromatic carbocycles. The van der Waals surface area contributed by atoms with E-state index in [2.05, 4.69) is 15.9 Å². The molecule has 1 aromatic heterocycles. The van der Waals surface area contributed by atoms with Crippen LogP contribution in [-0.4, -0.2) is 12.3 Å². The summed E-state index contributed by atoms with van der Waals surface area (Å²) < 4.78 is 50.3. The fourth-order valence-corrected chi connectivity index (χ4v) is 3.34. The summed E-state index contributed by atoms with van der Waals surface area (Å²) in [6.07, 6.45) is -3.77. The standard InChI is InChI=1S/C8H6BrClF4S/c1-3-2-4(9)5(15-3)6(10)8(13,14)7(11)12/h2,6-7H,1H3. The van der Waals surface area contributed by atoms with Crippen LogP contribution in [0.2, 0.25) is 0 Å². The molecule has 0 N–H and O–H groups in total. The molecule has 0 saturated heterocycles. The van der Waals surface area contributed by atoms with Gasteiger partial charge in [0.15, 0.2) is 0 Å². The normalized spacial score (nSPS) is 14.7. The van der Waals surface area contributed by atoms with E-state index in [0.29, 0.717) is 4.47 Å². The topological polar surface area (TPSA) is 0 Å². The maximum atomic E-state index is 12.9. The van der Waals surface area contributed by atoms with Gasteiger partial charge in [-0.25, -0.2) is 8.78 Å². The van der Waals surface area contributed by atoms with Crippen LogP contribution in [0.4, 0.5) is 17.6 Å². The van der Waals surface area contributed by atoms with E-state index in [-0.39, 0.29) is 4.88 Å². The molecule has 1 atom stereocenters. The smallest absolute Gasteiger partial charge is 0.204 e. The monoisotopic (exact) mass is 324 g/mol. The lowest BCUT2D eigenvalue weighted by Crippen LogP contribution is -2.31. The second-order valence-electron chi connectivity index (χ2n) is 2.91. The third kappa shape index (κ3) is 2.65. The first-order valence-corrected chi connectivity index (χ1v) is 5.87. The Bertz CT molecular complexity index is 352. The Morgan fingerprint density at radius 1 is 1.47 bits per heavy atom. The molecule has 15 heavy (non-hydrogen) atoms. The first kappa shape index (κ1) is 13.3. The van der Waals surface area contributed by atoms with Gasteiger partial charge in [0.1, 0.15) is 5.38 Å². The van der Waals surface area contributed by atoms with Crippen LogP contribution in [0.25, 0.3) is 0 Å². The third-order valence-corrected chi connectivity index (χ3v) is 4.37. The fraction of sp³-hybridized carbons (Fsp3) is 0.500. The van der Waals surface area contributed by atoms with Gasteiger partial charge in [-0.3, -0.25) is 0 Å². The molecule has 0 radical (unpaired) electrons. The van der Waals surface area contributed by atoms with Gasteiger partial charge in [-0.2, -0.15) is 8.78 Å². The van der Waals surface area contributed by atoms with Gasteiger partial charge in [-0.15, -0.1) is 22.9 Å². The van der Waals surface area contributed by atoms with E-state index in [4.69, 9.17) is 11.6 Å². The second kappa shape index (κ2) is 4.59. The van der Waals surface area contributed by atoms with Crippen LogP contribution < -0.4 is 0 Å². The first-order chi connectivity index (χ1) is 6.76. The Kier molecular flexibility index (Phi) is 4.06. The third-order valence-electron chi connectivity index (χ3n) is 1.70. The molecule has 7 heteroatoms. The largest absolute Gasteiger partial charge is 0.328 e. The number of hydrogen-bond acceptors (Lipinski definition) is 1. The van der Waals surface area contributed by atoms with Crippen molar-refractivity contribution < 1.29 is 17.6 Å². The van der Waals surface area contributed by atoms with Crippen LogP contribution >= 0.6 is 38.9 Å². The molecule has 0 bridgehead atoms. The minimum absolute atomic E-state index is 0.0273. The molecule has 0 nitrogen and oxygen atoms in total. The van der Waals surface area contributed by atoms with Gasteiger partial charge in [0.2, 0.25) is 0 Å². The van der Waals surface area contributed by atoms with Crippen molar-refractivity contribution in [1.29, 1.82) is 0 Å². The quantitative estimate of drug-likeness (QED) is 0.542. The van der Waals surface area contributed by atoms with Crippen LogP contribution in [0, 0.1) is 6.92 Å². The highest BCUT2D eigenvalue weighted by molar-refractivity contribution is 9.10. The van der Waals surface area contributed by atoms with Crippen LogP contribution in [0.5, 0.6) is 0 Å². The summed E-state index contributed by atoms with van der Waals surface area (Å²) in [6.45, 7) is 1.68. The highest BCUT2D eigenvalue weighted by Gasteiger charge is 2.49. The van der Waals surface area contributed by atoms with Gasteiger partial charge in [0.25, 0.3) is 0 Å². The van der Waals surface area contributed by atoms with Crippen LogP contribution in [0.15, 0.2) is 10.5 Å². The molecule has 0 fully saturated rings. The van der Waals surface area contributed by atoms with Gasteiger partial charge >= 0.3 is 12.3 Å². The Balaban J connectivity index is 3.04. The predicted molar refractivity (Wildman–Crippen MR) is 56.3 cm³/mol. The molecule has 1 heterocycles. The van der Waals surface area contributed by atoms with Crippen LogP contribution in [-0.2, 0) is 0 Å². The molecule has 1 unspecified atom stereocenters. The van der Waals surface area contributed by atoms with Crippen LogP contribution in [0.1, 0.15) is 15.1 Å². The molecule has 0 aliphatic carbocycles. The number of halogens is 6. The average Bonchev–Trinajstić information content (AvgIpc) is 2.43. The molecule has 1 aromatic rings. The molecular weight excluding hydrogens is 320 g/mol. The van der Waals surface area contributed by atoms with Gasteiger partial charge in [0, 0.05) is 14.2 Å². The summed E-state index contributed by atoms with van der Waals surface area (Å²) in [7, 11) is 0. The molecule has 0 saturated carbocycles. The van der Waals surface area contributed by atoms with Gasteiger partial charge < -0.3 is 0 Å². The second-order valence-corrected chi connectivity index (χ2v) is 5.49. The summed E-state index contributed by atoms with van der Waals surface area (Å²) in [6, 6.07) is 1.57. The van der Waals surface area contributed by atoms with Crippen molar-refractivity contribution in [3.05, 3.63) is 20.3 Å². The van der Waals surface area contributed by atoms with E-state index in [9.17, 15) is 17.6 Å². The lowest BCUT2D eigenvalue weighted by atomic mass is 10.2. The summed E-state index contributed by atoms with van der Waals surface area (Å²) in [5.41, 5.74) is 0. The molecule has 0 spiro atoms. The Hall–Kier alpha value is 0.190. The Morgan fingerprint density at radius 3 is 2.33 bits per heavy atom. The molecule has 0 aliphatic rings. The van der Waals surface area contributed by atoms with E-state index < -0.39 is 17.7 Å². The Labute approximate surface area is 101 Å². The molecule has 86 valence electrons.